The average Bonchev–Trinajstić information content (AvgIpc) is 2.82. The average molecular weight is 297 g/mol. The van der Waals surface area contributed by atoms with Crippen LogP contribution in [0.15, 0.2) is 43.0 Å². The third-order valence-corrected chi connectivity index (χ3v) is 3.41. The molecule has 0 aliphatic carbocycles. The van der Waals surface area contributed by atoms with Gasteiger partial charge in [-0.05, 0) is 5.56 Å². The first-order valence-electron chi connectivity index (χ1n) is 6.49. The normalized spacial score (nSPS) is 21.4. The molecular weight excluding hydrogens is 276 g/mol. The van der Waals surface area contributed by atoms with Crippen LogP contribution in [0.1, 0.15) is 11.5 Å². The fourth-order valence-corrected chi connectivity index (χ4v) is 2.41. The molecule has 1 aromatic rings. The predicted octanol–water partition coefficient (Wildman–Crippen LogP) is 1.56. The molecule has 2 atom stereocenters. The zero-order valence-electron chi connectivity index (χ0n) is 11.4. The van der Waals surface area contributed by atoms with Gasteiger partial charge in [0.05, 0.1) is 6.61 Å². The van der Waals surface area contributed by atoms with Gasteiger partial charge in [-0.25, -0.2) is 0 Å². The van der Waals surface area contributed by atoms with Crippen LogP contribution in [0.25, 0.3) is 0 Å². The number of carbonyl (C=O) groups is 1. The summed E-state index contributed by atoms with van der Waals surface area (Å²) in [6.07, 6.45) is 1.63. The van der Waals surface area contributed by atoms with Crippen LogP contribution in [0.5, 0.6) is 0 Å². The molecule has 1 saturated heterocycles. The fraction of sp³-hybridized carbons (Fsp3) is 0.400. The molecule has 2 rings (SSSR count). The highest BCUT2D eigenvalue weighted by Gasteiger charge is 2.33. The van der Waals surface area contributed by atoms with E-state index >= 15 is 0 Å². The SMILES string of the molecule is C=CCOCC(=O)N1C[C@@H](N)[C@H](c2ccccc2)C1.Cl. The van der Waals surface area contributed by atoms with Crippen LogP contribution in [-0.4, -0.2) is 43.2 Å². The van der Waals surface area contributed by atoms with Crippen LogP contribution in [0.2, 0.25) is 0 Å². The molecule has 0 unspecified atom stereocenters. The lowest BCUT2D eigenvalue weighted by molar-refractivity contribution is -0.134. The van der Waals surface area contributed by atoms with Gasteiger partial charge in [0, 0.05) is 25.0 Å². The van der Waals surface area contributed by atoms with Crippen LogP contribution in [-0.2, 0) is 9.53 Å². The molecule has 20 heavy (non-hydrogen) atoms. The minimum atomic E-state index is -0.00856. The van der Waals surface area contributed by atoms with Crippen molar-refractivity contribution < 1.29 is 9.53 Å². The van der Waals surface area contributed by atoms with Gasteiger partial charge >= 0.3 is 0 Å². The van der Waals surface area contributed by atoms with Crippen molar-refractivity contribution in [3.05, 3.63) is 48.6 Å². The Hall–Kier alpha value is -1.36. The lowest BCUT2D eigenvalue weighted by Crippen LogP contribution is -2.34. The van der Waals surface area contributed by atoms with E-state index in [-0.39, 0.29) is 36.9 Å². The minimum Gasteiger partial charge on any atom is -0.368 e. The fourth-order valence-electron chi connectivity index (χ4n) is 2.41. The van der Waals surface area contributed by atoms with Gasteiger partial charge in [-0.15, -0.1) is 19.0 Å². The Morgan fingerprint density at radius 3 is 2.75 bits per heavy atom. The molecule has 0 radical (unpaired) electrons. The molecule has 1 heterocycles. The summed E-state index contributed by atoms with van der Waals surface area (Å²) in [5.74, 6) is 0.209. The molecule has 4 nitrogen and oxygen atoms in total. The number of carbonyl (C=O) groups excluding carboxylic acids is 1. The van der Waals surface area contributed by atoms with Crippen LogP contribution in [0.3, 0.4) is 0 Å². The molecule has 1 aromatic carbocycles. The first-order valence-corrected chi connectivity index (χ1v) is 6.49. The van der Waals surface area contributed by atoms with E-state index in [1.165, 1.54) is 5.56 Å². The summed E-state index contributed by atoms with van der Waals surface area (Å²) >= 11 is 0. The quantitative estimate of drug-likeness (QED) is 0.663. The number of amides is 1. The molecule has 1 fully saturated rings. The topological polar surface area (TPSA) is 55.6 Å². The maximum Gasteiger partial charge on any atom is 0.248 e. The molecule has 0 aromatic heterocycles. The van der Waals surface area contributed by atoms with Crippen molar-refractivity contribution >= 4 is 18.3 Å². The molecule has 1 amide bonds. The van der Waals surface area contributed by atoms with Gasteiger partial charge in [0.25, 0.3) is 0 Å². The number of benzene rings is 1. The van der Waals surface area contributed by atoms with E-state index in [0.717, 1.165) is 0 Å². The number of ether oxygens (including phenoxy) is 1. The number of likely N-dealkylation sites (tertiary alicyclic amines) is 1. The first kappa shape index (κ1) is 16.7. The summed E-state index contributed by atoms with van der Waals surface area (Å²) in [5, 5.41) is 0. The molecular formula is C15H21ClN2O2. The van der Waals surface area contributed by atoms with Gasteiger partial charge < -0.3 is 15.4 Å². The van der Waals surface area contributed by atoms with Crippen LogP contribution in [0.4, 0.5) is 0 Å². The van der Waals surface area contributed by atoms with Gasteiger partial charge in [0.2, 0.25) is 5.91 Å². The second-order valence-electron chi connectivity index (χ2n) is 4.78. The van der Waals surface area contributed by atoms with Gasteiger partial charge in [-0.3, -0.25) is 4.79 Å². The second kappa shape index (κ2) is 8.04. The number of hydrogen-bond acceptors (Lipinski definition) is 3. The summed E-state index contributed by atoms with van der Waals surface area (Å²) in [4.78, 5) is 13.7. The molecule has 0 spiro atoms. The zero-order chi connectivity index (χ0) is 13.7. The van der Waals surface area contributed by atoms with Crippen molar-refractivity contribution in [2.45, 2.75) is 12.0 Å². The molecule has 1 aliphatic rings. The number of hydrogen-bond donors (Lipinski definition) is 1. The number of nitrogens with zero attached hydrogens (tertiary/aromatic N) is 1. The predicted molar refractivity (Wildman–Crippen MR) is 82.0 cm³/mol. The summed E-state index contributed by atoms with van der Waals surface area (Å²) in [7, 11) is 0. The maximum absolute atomic E-state index is 12.0. The highest BCUT2D eigenvalue weighted by molar-refractivity contribution is 5.85. The van der Waals surface area contributed by atoms with E-state index in [0.29, 0.717) is 19.7 Å². The minimum absolute atomic E-state index is 0. The van der Waals surface area contributed by atoms with Crippen molar-refractivity contribution in [1.82, 2.24) is 4.90 Å². The van der Waals surface area contributed by atoms with E-state index < -0.39 is 0 Å². The van der Waals surface area contributed by atoms with Crippen LogP contribution in [0, 0.1) is 0 Å². The van der Waals surface area contributed by atoms with Crippen LogP contribution >= 0.6 is 12.4 Å². The Balaban J connectivity index is 0.00000200. The van der Waals surface area contributed by atoms with E-state index in [1.807, 2.05) is 18.2 Å². The van der Waals surface area contributed by atoms with Crippen molar-refractivity contribution in [3.8, 4) is 0 Å². The van der Waals surface area contributed by atoms with E-state index in [4.69, 9.17) is 10.5 Å². The Morgan fingerprint density at radius 2 is 2.10 bits per heavy atom. The summed E-state index contributed by atoms with van der Waals surface area (Å²) in [6.45, 7) is 5.30. The Bertz CT molecular complexity index is 439. The zero-order valence-corrected chi connectivity index (χ0v) is 12.2. The van der Waals surface area contributed by atoms with E-state index in [1.54, 1.807) is 11.0 Å². The van der Waals surface area contributed by atoms with Crippen molar-refractivity contribution in [1.29, 1.82) is 0 Å². The highest BCUT2D eigenvalue weighted by Crippen LogP contribution is 2.26. The molecule has 0 saturated carbocycles. The third kappa shape index (κ3) is 4.07. The Labute approximate surface area is 126 Å². The van der Waals surface area contributed by atoms with Crippen LogP contribution < -0.4 is 5.73 Å². The van der Waals surface area contributed by atoms with Gasteiger partial charge in [0.1, 0.15) is 6.61 Å². The van der Waals surface area contributed by atoms with Crippen molar-refractivity contribution in [2.24, 2.45) is 5.73 Å². The monoisotopic (exact) mass is 296 g/mol. The number of halogens is 1. The van der Waals surface area contributed by atoms with Crippen molar-refractivity contribution in [3.63, 3.8) is 0 Å². The smallest absolute Gasteiger partial charge is 0.248 e. The third-order valence-electron chi connectivity index (χ3n) is 3.41. The van der Waals surface area contributed by atoms with E-state index in [9.17, 15) is 4.79 Å². The molecule has 0 bridgehead atoms. The largest absolute Gasteiger partial charge is 0.368 e. The summed E-state index contributed by atoms with van der Waals surface area (Å²) in [5.41, 5.74) is 7.34. The maximum atomic E-state index is 12.0. The molecule has 2 N–H and O–H groups in total. The lowest BCUT2D eigenvalue weighted by Gasteiger charge is -2.16. The number of rotatable bonds is 5. The highest BCUT2D eigenvalue weighted by atomic mass is 35.5. The standard InChI is InChI=1S/C15H20N2O2.ClH/c1-2-8-19-11-15(18)17-9-13(14(16)10-17)12-6-4-3-5-7-12;/h2-7,13-14H,1,8-11,16H2;1H/t13-,14+;/m0./s1. The Kier molecular flexibility index (Phi) is 6.71. The van der Waals surface area contributed by atoms with Gasteiger partial charge in [-0.2, -0.15) is 0 Å². The van der Waals surface area contributed by atoms with Gasteiger partial charge in [-0.1, -0.05) is 36.4 Å². The second-order valence-corrected chi connectivity index (χ2v) is 4.78. The summed E-state index contributed by atoms with van der Waals surface area (Å²) < 4.78 is 5.18. The van der Waals surface area contributed by atoms with Gasteiger partial charge in [0.15, 0.2) is 0 Å². The lowest BCUT2D eigenvalue weighted by atomic mass is 9.95. The molecule has 110 valence electrons. The molecule has 5 heteroatoms. The Morgan fingerprint density at radius 1 is 1.40 bits per heavy atom. The summed E-state index contributed by atoms with van der Waals surface area (Å²) in [6, 6.07) is 10.1. The first-order chi connectivity index (χ1) is 9.22. The van der Waals surface area contributed by atoms with E-state index in [2.05, 4.69) is 18.7 Å². The molecule has 1 aliphatic heterocycles. The van der Waals surface area contributed by atoms with Crippen molar-refractivity contribution in [2.75, 3.05) is 26.3 Å². The number of nitrogens with two attached hydrogens (primary N) is 1.